The van der Waals surface area contributed by atoms with Crippen LogP contribution in [-0.2, 0) is 0 Å². The molecule has 0 heterocycles. The first-order valence-electron chi connectivity index (χ1n) is 12.5. The summed E-state index contributed by atoms with van der Waals surface area (Å²) in [5.41, 5.74) is 4.75. The third kappa shape index (κ3) is 2.87. The van der Waals surface area contributed by atoms with Crippen molar-refractivity contribution in [3.8, 4) is 0 Å². The Balaban J connectivity index is 1.70. The minimum atomic E-state index is -0.143. The third-order valence-electron chi connectivity index (χ3n) is 11.3. The van der Waals surface area contributed by atoms with Crippen molar-refractivity contribution in [1.82, 2.24) is 0 Å². The van der Waals surface area contributed by atoms with Gasteiger partial charge in [-0.15, -0.1) is 0 Å². The van der Waals surface area contributed by atoms with Gasteiger partial charge in [0.15, 0.2) is 0 Å². The molecule has 2 heteroatoms. The van der Waals surface area contributed by atoms with Crippen LogP contribution in [0.3, 0.4) is 0 Å². The van der Waals surface area contributed by atoms with E-state index in [-0.39, 0.29) is 11.5 Å². The quantitative estimate of drug-likeness (QED) is 0.527. The average Bonchev–Trinajstić information content (AvgIpc) is 2.95. The van der Waals surface area contributed by atoms with E-state index in [0.717, 1.165) is 18.8 Å². The van der Waals surface area contributed by atoms with Crippen LogP contribution in [-0.4, -0.2) is 22.9 Å². The van der Waals surface area contributed by atoms with Gasteiger partial charge in [-0.25, -0.2) is 0 Å². The molecule has 0 saturated heterocycles. The molecule has 0 radical (unpaired) electrons. The summed E-state index contributed by atoms with van der Waals surface area (Å²) in [6.07, 6.45) is 12.0. The monoisotopic (exact) mass is 402 g/mol. The molecule has 0 bridgehead atoms. The molecule has 4 rings (SSSR count). The maximum absolute atomic E-state index is 10.8. The van der Waals surface area contributed by atoms with Gasteiger partial charge in [0.25, 0.3) is 0 Å². The molecule has 2 fully saturated rings. The predicted molar refractivity (Wildman–Crippen MR) is 121 cm³/mol. The maximum Gasteiger partial charge on any atom is 0.0594 e. The molecule has 4 aliphatic rings. The number of hydrogen-bond donors (Lipinski definition) is 2. The Kier molecular flexibility index (Phi) is 5.35. The molecule has 29 heavy (non-hydrogen) atoms. The topological polar surface area (TPSA) is 40.5 Å². The molecule has 4 aliphatic carbocycles. The van der Waals surface area contributed by atoms with Gasteiger partial charge in [-0.1, -0.05) is 52.7 Å². The minimum absolute atomic E-state index is 0.0319. The summed E-state index contributed by atoms with van der Waals surface area (Å²) in [4.78, 5) is 0. The maximum atomic E-state index is 10.8. The van der Waals surface area contributed by atoms with Crippen molar-refractivity contribution in [3.63, 3.8) is 0 Å². The first-order valence-corrected chi connectivity index (χ1v) is 12.5. The smallest absolute Gasteiger partial charge is 0.0594 e. The molecular weight excluding hydrogens is 356 g/mol. The van der Waals surface area contributed by atoms with Crippen LogP contribution in [0.15, 0.2) is 11.1 Å². The summed E-state index contributed by atoms with van der Waals surface area (Å²) in [7, 11) is 0. The average molecular weight is 403 g/mol. The van der Waals surface area contributed by atoms with Gasteiger partial charge < -0.3 is 10.2 Å². The molecule has 7 atom stereocenters. The zero-order valence-corrected chi connectivity index (χ0v) is 20.0. The number of rotatable bonds is 4. The molecule has 0 amide bonds. The van der Waals surface area contributed by atoms with E-state index >= 15 is 0 Å². The fourth-order valence-corrected chi connectivity index (χ4v) is 9.24. The molecule has 0 aromatic heterocycles. The van der Waals surface area contributed by atoms with Crippen LogP contribution in [0.2, 0.25) is 0 Å². The second-order valence-corrected chi connectivity index (χ2v) is 12.6. The van der Waals surface area contributed by atoms with Crippen LogP contribution in [0.5, 0.6) is 0 Å². The van der Waals surface area contributed by atoms with Crippen molar-refractivity contribution < 1.29 is 10.2 Å². The predicted octanol–water partition coefficient (Wildman–Crippen LogP) is 6.51. The third-order valence-corrected chi connectivity index (χ3v) is 11.3. The Morgan fingerprint density at radius 1 is 0.931 bits per heavy atom. The Morgan fingerprint density at radius 3 is 2.34 bits per heavy atom. The fraction of sp³-hybridized carbons (Fsp3) is 0.926. The lowest BCUT2D eigenvalue weighted by Gasteiger charge is -2.62. The van der Waals surface area contributed by atoms with E-state index in [1.54, 1.807) is 0 Å². The van der Waals surface area contributed by atoms with E-state index in [0.29, 0.717) is 34.7 Å². The summed E-state index contributed by atoms with van der Waals surface area (Å²) < 4.78 is 0. The van der Waals surface area contributed by atoms with E-state index in [9.17, 15) is 10.2 Å². The number of fused-ring (bicyclic) bond motifs is 4. The molecule has 2 nitrogen and oxygen atoms in total. The number of allylic oxidation sites excluding steroid dienone is 2. The molecule has 0 unspecified atom stereocenters. The Morgan fingerprint density at radius 2 is 1.66 bits per heavy atom. The highest BCUT2D eigenvalue weighted by Crippen LogP contribution is 2.72. The lowest BCUT2D eigenvalue weighted by molar-refractivity contribution is -0.0962. The highest BCUT2D eigenvalue weighted by molar-refractivity contribution is 5.38. The summed E-state index contributed by atoms with van der Waals surface area (Å²) in [6.45, 7) is 15.2. The highest BCUT2D eigenvalue weighted by atomic mass is 16.3. The van der Waals surface area contributed by atoms with E-state index in [4.69, 9.17) is 0 Å². The van der Waals surface area contributed by atoms with Crippen molar-refractivity contribution in [2.24, 2.45) is 39.4 Å². The van der Waals surface area contributed by atoms with Gasteiger partial charge in [0.1, 0.15) is 0 Å². The fourth-order valence-electron chi connectivity index (χ4n) is 9.24. The first kappa shape index (κ1) is 21.9. The van der Waals surface area contributed by atoms with E-state index in [1.807, 2.05) is 11.1 Å². The van der Waals surface area contributed by atoms with Crippen molar-refractivity contribution in [3.05, 3.63) is 11.1 Å². The van der Waals surface area contributed by atoms with Crippen molar-refractivity contribution in [1.29, 1.82) is 0 Å². The first-order chi connectivity index (χ1) is 13.5. The van der Waals surface area contributed by atoms with Crippen LogP contribution in [0.4, 0.5) is 0 Å². The SMILES string of the molecule is C[C@H](CCCO)[C@H]1CC[C@@]2(C)C3=C(CC[C@]12C)[C@@]1(C)CC[C@H](O)C(C)(C)[C@@H]1CC3. The second-order valence-electron chi connectivity index (χ2n) is 12.6. The Labute approximate surface area is 179 Å². The molecule has 0 spiro atoms. The largest absolute Gasteiger partial charge is 0.396 e. The van der Waals surface area contributed by atoms with E-state index in [1.165, 1.54) is 51.4 Å². The van der Waals surface area contributed by atoms with Crippen LogP contribution in [0.25, 0.3) is 0 Å². The number of hydrogen-bond acceptors (Lipinski definition) is 2. The summed E-state index contributed by atoms with van der Waals surface area (Å²) in [5, 5.41) is 20.1. The Hall–Kier alpha value is -0.340. The van der Waals surface area contributed by atoms with Crippen molar-refractivity contribution >= 4 is 0 Å². The van der Waals surface area contributed by atoms with Gasteiger partial charge in [-0.3, -0.25) is 0 Å². The van der Waals surface area contributed by atoms with Crippen LogP contribution in [0.1, 0.15) is 106 Å². The van der Waals surface area contributed by atoms with Gasteiger partial charge in [-0.05, 0) is 104 Å². The lowest BCUT2D eigenvalue weighted by Crippen LogP contribution is -2.55. The number of aliphatic hydroxyl groups is 2. The molecular formula is C27H46O2. The lowest BCUT2D eigenvalue weighted by atomic mass is 9.43. The van der Waals surface area contributed by atoms with Gasteiger partial charge in [0.05, 0.1) is 6.10 Å². The second kappa shape index (κ2) is 7.09. The van der Waals surface area contributed by atoms with Crippen LogP contribution < -0.4 is 0 Å². The van der Waals surface area contributed by atoms with Gasteiger partial charge in [0, 0.05) is 6.61 Å². The van der Waals surface area contributed by atoms with Crippen LogP contribution >= 0.6 is 0 Å². The number of aliphatic hydroxyl groups excluding tert-OH is 2. The summed E-state index contributed by atoms with van der Waals surface area (Å²) >= 11 is 0. The van der Waals surface area contributed by atoms with Crippen molar-refractivity contribution in [2.75, 3.05) is 6.61 Å². The molecule has 0 aliphatic heterocycles. The van der Waals surface area contributed by atoms with E-state index in [2.05, 4.69) is 41.5 Å². The molecule has 0 aromatic carbocycles. The zero-order chi connectivity index (χ0) is 21.2. The van der Waals surface area contributed by atoms with Gasteiger partial charge in [0.2, 0.25) is 0 Å². The molecule has 166 valence electrons. The summed E-state index contributed by atoms with van der Waals surface area (Å²) in [5.74, 6) is 2.13. The Bertz CT molecular complexity index is 678. The van der Waals surface area contributed by atoms with Gasteiger partial charge >= 0.3 is 0 Å². The summed E-state index contributed by atoms with van der Waals surface area (Å²) in [6, 6.07) is 0. The molecule has 2 saturated carbocycles. The molecule has 0 aromatic rings. The normalized spacial score (nSPS) is 47.4. The highest BCUT2D eigenvalue weighted by Gasteiger charge is 2.63. The van der Waals surface area contributed by atoms with E-state index < -0.39 is 0 Å². The minimum Gasteiger partial charge on any atom is -0.396 e. The van der Waals surface area contributed by atoms with Crippen LogP contribution in [0, 0.1) is 39.4 Å². The standard InChI is InChI=1S/C27H46O2/c1-18(8-7-17-28)19-11-15-27(6)21-9-10-22-24(2,3)23(29)13-14-25(22,4)20(21)12-16-26(19,27)5/h18-19,22-23,28-29H,7-17H2,1-6H3/t18-,19-,22+,23+,25-,26-,27+/m1/s1. The van der Waals surface area contributed by atoms with Crippen molar-refractivity contribution in [2.45, 2.75) is 112 Å². The molecule has 2 N–H and O–H groups in total. The zero-order valence-electron chi connectivity index (χ0n) is 20.0. The van der Waals surface area contributed by atoms with Gasteiger partial charge in [-0.2, -0.15) is 0 Å².